The number of carboxylic acids is 1. The van der Waals surface area contributed by atoms with Gasteiger partial charge in [0.05, 0.1) is 11.4 Å². The van der Waals surface area contributed by atoms with Crippen molar-refractivity contribution >= 4 is 28.5 Å². The molecule has 1 aromatic rings. The van der Waals surface area contributed by atoms with E-state index in [1.54, 1.807) is 6.26 Å². The Hall–Kier alpha value is -0.820. The van der Waals surface area contributed by atoms with E-state index >= 15 is 0 Å². The fraction of sp³-hybridized carbons (Fsp3) is 0.636. The first-order valence-corrected chi connectivity index (χ1v) is 8.21. The van der Waals surface area contributed by atoms with Crippen molar-refractivity contribution in [3.63, 3.8) is 0 Å². The second-order valence-corrected chi connectivity index (χ2v) is 6.88. The molecule has 0 amide bonds. The highest BCUT2D eigenvalue weighted by Crippen LogP contribution is 2.18. The number of hydrogen-bond acceptors (Lipinski definition) is 4. The SMILES string of the molecule is Cc1cn(CCC(C)S(C)=O)c(SCC(=O)O)n1. The number of hydrogen-bond donors (Lipinski definition) is 1. The van der Waals surface area contributed by atoms with Gasteiger partial charge in [-0.2, -0.15) is 0 Å². The molecule has 0 radical (unpaired) electrons. The smallest absolute Gasteiger partial charge is 0.313 e. The van der Waals surface area contributed by atoms with Crippen molar-refractivity contribution < 1.29 is 14.1 Å². The van der Waals surface area contributed by atoms with Gasteiger partial charge in [0.15, 0.2) is 5.16 Å². The van der Waals surface area contributed by atoms with Crippen molar-refractivity contribution in [1.82, 2.24) is 9.55 Å². The van der Waals surface area contributed by atoms with Crippen LogP contribution in [0, 0.1) is 6.92 Å². The van der Waals surface area contributed by atoms with Crippen LogP contribution in [-0.4, -0.2) is 42.1 Å². The highest BCUT2D eigenvalue weighted by atomic mass is 32.2. The Kier molecular flexibility index (Phi) is 5.87. The van der Waals surface area contributed by atoms with Crippen molar-refractivity contribution in [2.45, 2.75) is 37.2 Å². The molecule has 18 heavy (non-hydrogen) atoms. The standard InChI is InChI=1S/C11H18N2O3S2/c1-8-6-13(5-4-9(2)18(3)16)11(12-8)17-7-10(14)15/h6,9H,4-5,7H2,1-3H3,(H,14,15). The lowest BCUT2D eigenvalue weighted by Gasteiger charge is -2.10. The summed E-state index contributed by atoms with van der Waals surface area (Å²) in [7, 11) is -0.830. The molecule has 0 aliphatic carbocycles. The number of rotatable bonds is 7. The Labute approximate surface area is 113 Å². The summed E-state index contributed by atoms with van der Waals surface area (Å²) in [6, 6.07) is 0. The minimum atomic E-state index is -0.852. The molecule has 0 bridgehead atoms. The molecule has 7 heteroatoms. The van der Waals surface area contributed by atoms with Crippen LogP contribution >= 0.6 is 11.8 Å². The molecule has 0 aliphatic rings. The van der Waals surface area contributed by atoms with Gasteiger partial charge in [-0.15, -0.1) is 0 Å². The van der Waals surface area contributed by atoms with Crippen molar-refractivity contribution in [3.8, 4) is 0 Å². The molecule has 2 unspecified atom stereocenters. The molecule has 0 aromatic carbocycles. The van der Waals surface area contributed by atoms with Gasteiger partial charge in [0.25, 0.3) is 0 Å². The van der Waals surface area contributed by atoms with E-state index in [-0.39, 0.29) is 11.0 Å². The largest absolute Gasteiger partial charge is 0.481 e. The van der Waals surface area contributed by atoms with E-state index in [2.05, 4.69) is 4.98 Å². The lowest BCUT2D eigenvalue weighted by molar-refractivity contribution is -0.133. The molecule has 0 saturated heterocycles. The average molecular weight is 290 g/mol. The van der Waals surface area contributed by atoms with Gasteiger partial charge in [-0.1, -0.05) is 18.7 Å². The van der Waals surface area contributed by atoms with Crippen LogP contribution in [0.3, 0.4) is 0 Å². The van der Waals surface area contributed by atoms with Crippen molar-refractivity contribution in [1.29, 1.82) is 0 Å². The first-order valence-electron chi connectivity index (χ1n) is 5.60. The highest BCUT2D eigenvalue weighted by Gasteiger charge is 2.11. The zero-order chi connectivity index (χ0) is 13.7. The lowest BCUT2D eigenvalue weighted by atomic mass is 10.3. The van der Waals surface area contributed by atoms with Gasteiger partial charge in [0.2, 0.25) is 0 Å². The van der Waals surface area contributed by atoms with E-state index in [1.807, 2.05) is 24.6 Å². The summed E-state index contributed by atoms with van der Waals surface area (Å²) in [5, 5.41) is 9.51. The van der Waals surface area contributed by atoms with Crippen LogP contribution in [0.4, 0.5) is 0 Å². The number of aliphatic carboxylic acids is 1. The van der Waals surface area contributed by atoms with E-state index in [4.69, 9.17) is 5.11 Å². The van der Waals surface area contributed by atoms with Crippen LogP contribution in [0.5, 0.6) is 0 Å². The number of carbonyl (C=O) groups is 1. The Morgan fingerprint density at radius 1 is 1.67 bits per heavy atom. The predicted octanol–water partition coefficient (Wildman–Crippen LogP) is 1.53. The molecular weight excluding hydrogens is 272 g/mol. The lowest BCUT2D eigenvalue weighted by Crippen LogP contribution is -2.13. The summed E-state index contributed by atoms with van der Waals surface area (Å²) in [6.45, 7) is 4.54. The molecule has 2 atom stereocenters. The van der Waals surface area contributed by atoms with Crippen LogP contribution < -0.4 is 0 Å². The second-order valence-electron chi connectivity index (χ2n) is 4.14. The molecule has 0 spiro atoms. The zero-order valence-electron chi connectivity index (χ0n) is 10.8. The monoisotopic (exact) mass is 290 g/mol. The third kappa shape index (κ3) is 4.81. The summed E-state index contributed by atoms with van der Waals surface area (Å²) in [5.41, 5.74) is 0.869. The van der Waals surface area contributed by atoms with Crippen LogP contribution in [-0.2, 0) is 22.1 Å². The fourth-order valence-electron chi connectivity index (χ4n) is 1.41. The van der Waals surface area contributed by atoms with Gasteiger partial charge < -0.3 is 9.67 Å². The summed E-state index contributed by atoms with van der Waals surface area (Å²) in [6.07, 6.45) is 4.39. The molecule has 1 heterocycles. The van der Waals surface area contributed by atoms with Gasteiger partial charge in [-0.25, -0.2) is 4.98 Å². The third-order valence-electron chi connectivity index (χ3n) is 2.53. The summed E-state index contributed by atoms with van der Waals surface area (Å²) < 4.78 is 13.2. The maximum atomic E-state index is 11.3. The molecule has 0 fully saturated rings. The zero-order valence-corrected chi connectivity index (χ0v) is 12.4. The van der Waals surface area contributed by atoms with Crippen molar-refractivity contribution in [3.05, 3.63) is 11.9 Å². The number of carboxylic acid groups (broad SMARTS) is 1. The molecule has 1 N–H and O–H groups in total. The van der Waals surface area contributed by atoms with Crippen molar-refractivity contribution in [2.75, 3.05) is 12.0 Å². The number of imidazole rings is 1. The van der Waals surface area contributed by atoms with Gasteiger partial charge in [-0.05, 0) is 13.3 Å². The normalized spacial score (nSPS) is 14.4. The average Bonchev–Trinajstić information content (AvgIpc) is 2.63. The number of thioether (sulfide) groups is 1. The minimum absolute atomic E-state index is 0.00567. The molecular formula is C11H18N2O3S2. The van der Waals surface area contributed by atoms with Crippen molar-refractivity contribution in [2.24, 2.45) is 0 Å². The van der Waals surface area contributed by atoms with Gasteiger partial charge in [0, 0.05) is 35.0 Å². The van der Waals surface area contributed by atoms with E-state index in [0.717, 1.165) is 12.1 Å². The third-order valence-corrected chi connectivity index (χ3v) is 4.87. The van der Waals surface area contributed by atoms with E-state index in [0.29, 0.717) is 11.7 Å². The van der Waals surface area contributed by atoms with Gasteiger partial charge in [0.1, 0.15) is 0 Å². The van der Waals surface area contributed by atoms with Crippen LogP contribution in [0.15, 0.2) is 11.4 Å². The van der Waals surface area contributed by atoms with Crippen LogP contribution in [0.1, 0.15) is 19.0 Å². The van der Waals surface area contributed by atoms with Crippen LogP contribution in [0.25, 0.3) is 0 Å². The highest BCUT2D eigenvalue weighted by molar-refractivity contribution is 7.99. The molecule has 5 nitrogen and oxygen atoms in total. The number of aromatic nitrogens is 2. The molecule has 1 aromatic heterocycles. The second kappa shape index (κ2) is 6.94. The molecule has 0 aliphatic heterocycles. The first kappa shape index (κ1) is 15.2. The van der Waals surface area contributed by atoms with Gasteiger partial charge >= 0.3 is 5.97 Å². The Bertz CT molecular complexity index is 445. The first-order chi connectivity index (χ1) is 8.40. The predicted molar refractivity (Wildman–Crippen MR) is 73.5 cm³/mol. The Balaban J connectivity index is 2.64. The molecule has 0 saturated carbocycles. The summed E-state index contributed by atoms with van der Waals surface area (Å²) in [5.74, 6) is -0.846. The van der Waals surface area contributed by atoms with Crippen LogP contribution in [0.2, 0.25) is 0 Å². The van der Waals surface area contributed by atoms with E-state index < -0.39 is 16.8 Å². The quantitative estimate of drug-likeness (QED) is 0.771. The minimum Gasteiger partial charge on any atom is -0.481 e. The molecule has 1 rings (SSSR count). The maximum Gasteiger partial charge on any atom is 0.313 e. The topological polar surface area (TPSA) is 72.2 Å². The van der Waals surface area contributed by atoms with E-state index in [1.165, 1.54) is 11.8 Å². The van der Waals surface area contributed by atoms with Gasteiger partial charge in [-0.3, -0.25) is 9.00 Å². The summed E-state index contributed by atoms with van der Waals surface area (Å²) in [4.78, 5) is 14.8. The summed E-state index contributed by atoms with van der Waals surface area (Å²) >= 11 is 1.21. The fourth-order valence-corrected chi connectivity index (χ4v) is 2.62. The van der Waals surface area contributed by atoms with E-state index in [9.17, 15) is 9.00 Å². The number of nitrogens with zero attached hydrogens (tertiary/aromatic N) is 2. The molecule has 102 valence electrons. The maximum absolute atomic E-state index is 11.3. The Morgan fingerprint density at radius 2 is 2.33 bits per heavy atom. The number of aryl methyl sites for hydroxylation is 2. The Morgan fingerprint density at radius 3 is 2.89 bits per heavy atom.